The quantitative estimate of drug-likeness (QED) is 0.411. The van der Waals surface area contributed by atoms with Crippen LogP contribution >= 0.6 is 35.1 Å². The Morgan fingerprint density at radius 1 is 1.28 bits per heavy atom. The largest absolute Gasteiger partial charge is 0.383 e. The third-order valence-corrected chi connectivity index (χ3v) is 6.02. The summed E-state index contributed by atoms with van der Waals surface area (Å²) in [7, 11) is 1.57. The molecule has 1 N–H and O–H groups in total. The summed E-state index contributed by atoms with van der Waals surface area (Å²) in [5.74, 6) is -0.0541. The van der Waals surface area contributed by atoms with Crippen LogP contribution in [0.2, 0.25) is 5.02 Å². The zero-order chi connectivity index (χ0) is 20.8. The number of benzene rings is 2. The summed E-state index contributed by atoms with van der Waals surface area (Å²) in [5, 5.41) is 4.31. The normalized spacial score (nSPS) is 11.0. The van der Waals surface area contributed by atoms with Gasteiger partial charge >= 0.3 is 0 Å². The molecule has 0 fully saturated rings. The fourth-order valence-electron chi connectivity index (χ4n) is 2.69. The maximum absolute atomic E-state index is 12.9. The number of hydrogen-bond acceptors (Lipinski definition) is 6. The van der Waals surface area contributed by atoms with Crippen molar-refractivity contribution >= 4 is 57.6 Å². The number of fused-ring (bicyclic) bond motifs is 1. The number of hydrogen-bond donors (Lipinski definition) is 1. The topological polar surface area (TPSA) is 73.2 Å². The van der Waals surface area contributed by atoms with Gasteiger partial charge in [0.2, 0.25) is 5.91 Å². The van der Waals surface area contributed by atoms with Crippen molar-refractivity contribution < 1.29 is 9.53 Å². The van der Waals surface area contributed by atoms with Crippen LogP contribution in [0.3, 0.4) is 0 Å². The SMILES string of the molecule is COCCn1c(SCC(=O)Nc2cccc(SC)c2)nc2cc(Cl)ccc2c1=O. The summed E-state index contributed by atoms with van der Waals surface area (Å²) >= 11 is 8.86. The second kappa shape index (κ2) is 10.2. The standard InChI is InChI=1S/C20H20ClN3O3S2/c1-27-9-8-24-19(26)16-7-6-13(21)10-17(16)23-20(24)29-12-18(25)22-14-4-3-5-15(11-14)28-2/h3-7,10-11H,8-9,12H2,1-2H3,(H,22,25). The van der Waals surface area contributed by atoms with E-state index in [1.807, 2.05) is 30.5 Å². The number of carbonyl (C=O) groups excluding carboxylic acids is 1. The number of halogens is 1. The lowest BCUT2D eigenvalue weighted by atomic mass is 10.2. The molecular formula is C20H20ClN3O3S2. The summed E-state index contributed by atoms with van der Waals surface area (Å²) in [6.07, 6.45) is 1.98. The first-order chi connectivity index (χ1) is 14.0. The van der Waals surface area contributed by atoms with Crippen LogP contribution in [0.25, 0.3) is 10.9 Å². The molecule has 152 valence electrons. The van der Waals surface area contributed by atoms with E-state index in [4.69, 9.17) is 16.3 Å². The monoisotopic (exact) mass is 449 g/mol. The molecule has 2 aromatic carbocycles. The highest BCUT2D eigenvalue weighted by atomic mass is 35.5. The molecule has 0 saturated carbocycles. The fraction of sp³-hybridized carbons (Fsp3) is 0.250. The first-order valence-corrected chi connectivity index (χ1v) is 11.4. The van der Waals surface area contributed by atoms with E-state index in [1.54, 1.807) is 37.1 Å². The zero-order valence-electron chi connectivity index (χ0n) is 16.0. The third-order valence-electron chi connectivity index (χ3n) is 4.09. The molecule has 1 heterocycles. The number of ether oxygens (including phenoxy) is 1. The van der Waals surface area contributed by atoms with Gasteiger partial charge in [-0.25, -0.2) is 4.98 Å². The van der Waals surface area contributed by atoms with Gasteiger partial charge in [-0.2, -0.15) is 0 Å². The molecule has 0 bridgehead atoms. The second-order valence-corrected chi connectivity index (χ2v) is 8.33. The highest BCUT2D eigenvalue weighted by Crippen LogP contribution is 2.22. The Balaban J connectivity index is 1.82. The Morgan fingerprint density at radius 2 is 2.10 bits per heavy atom. The predicted molar refractivity (Wildman–Crippen MR) is 120 cm³/mol. The van der Waals surface area contributed by atoms with Crippen LogP contribution in [0.15, 0.2) is 57.3 Å². The van der Waals surface area contributed by atoms with E-state index in [2.05, 4.69) is 10.3 Å². The molecule has 0 saturated heterocycles. The maximum Gasteiger partial charge on any atom is 0.262 e. The Labute approximate surface area is 182 Å². The number of nitrogens with one attached hydrogen (secondary N) is 1. The highest BCUT2D eigenvalue weighted by Gasteiger charge is 2.14. The van der Waals surface area contributed by atoms with E-state index in [0.717, 1.165) is 10.6 Å². The lowest BCUT2D eigenvalue weighted by molar-refractivity contribution is -0.113. The van der Waals surface area contributed by atoms with Gasteiger partial charge < -0.3 is 10.1 Å². The average molecular weight is 450 g/mol. The lowest BCUT2D eigenvalue weighted by Crippen LogP contribution is -2.26. The fourth-order valence-corrected chi connectivity index (χ4v) is 4.14. The Morgan fingerprint density at radius 3 is 2.86 bits per heavy atom. The van der Waals surface area contributed by atoms with E-state index in [0.29, 0.717) is 34.2 Å². The minimum Gasteiger partial charge on any atom is -0.383 e. The van der Waals surface area contributed by atoms with Crippen LogP contribution in [0.4, 0.5) is 5.69 Å². The van der Waals surface area contributed by atoms with Gasteiger partial charge in [-0.1, -0.05) is 29.4 Å². The molecule has 0 aliphatic carbocycles. The maximum atomic E-state index is 12.9. The van der Waals surface area contributed by atoms with Crippen molar-refractivity contribution in [3.05, 3.63) is 57.8 Å². The van der Waals surface area contributed by atoms with Crippen molar-refractivity contribution in [1.82, 2.24) is 9.55 Å². The minimum absolute atomic E-state index is 0.120. The summed E-state index contributed by atoms with van der Waals surface area (Å²) in [5.41, 5.74) is 1.06. The van der Waals surface area contributed by atoms with E-state index in [1.165, 1.54) is 16.3 Å². The van der Waals surface area contributed by atoms with Gasteiger partial charge in [-0.15, -0.1) is 11.8 Å². The Kier molecular flexibility index (Phi) is 7.60. The number of nitrogens with zero attached hydrogens (tertiary/aromatic N) is 2. The number of rotatable bonds is 8. The van der Waals surface area contributed by atoms with Gasteiger partial charge in [0, 0.05) is 22.7 Å². The number of methoxy groups -OCH3 is 1. The number of carbonyl (C=O) groups is 1. The van der Waals surface area contributed by atoms with Gasteiger partial charge in [-0.05, 0) is 42.7 Å². The van der Waals surface area contributed by atoms with E-state index in [9.17, 15) is 9.59 Å². The molecule has 0 aliphatic heterocycles. The van der Waals surface area contributed by atoms with E-state index < -0.39 is 0 Å². The number of anilines is 1. The van der Waals surface area contributed by atoms with Gasteiger partial charge in [0.25, 0.3) is 5.56 Å². The van der Waals surface area contributed by atoms with Crippen LogP contribution in [0, 0.1) is 0 Å². The molecular weight excluding hydrogens is 430 g/mol. The number of thioether (sulfide) groups is 2. The molecule has 29 heavy (non-hydrogen) atoms. The molecule has 0 radical (unpaired) electrons. The van der Waals surface area contributed by atoms with Crippen molar-refractivity contribution in [2.45, 2.75) is 16.6 Å². The molecule has 1 amide bonds. The highest BCUT2D eigenvalue weighted by molar-refractivity contribution is 7.99. The lowest BCUT2D eigenvalue weighted by Gasteiger charge is -2.13. The Hall–Kier alpha value is -2.00. The summed E-state index contributed by atoms with van der Waals surface area (Å²) in [6, 6.07) is 12.6. The van der Waals surface area contributed by atoms with Gasteiger partial charge in [0.15, 0.2) is 5.16 Å². The minimum atomic E-state index is -0.181. The third kappa shape index (κ3) is 5.54. The molecule has 1 aromatic heterocycles. The zero-order valence-corrected chi connectivity index (χ0v) is 18.4. The molecule has 0 spiro atoms. The van der Waals surface area contributed by atoms with Crippen molar-refractivity contribution in [2.75, 3.05) is 31.0 Å². The van der Waals surface area contributed by atoms with Crippen LogP contribution in [-0.2, 0) is 16.1 Å². The van der Waals surface area contributed by atoms with Crippen LogP contribution in [0.1, 0.15) is 0 Å². The van der Waals surface area contributed by atoms with Gasteiger partial charge in [0.05, 0.1) is 29.8 Å². The first kappa shape index (κ1) is 21.7. The number of aromatic nitrogens is 2. The predicted octanol–water partition coefficient (Wildman–Crippen LogP) is 4.15. The van der Waals surface area contributed by atoms with Crippen molar-refractivity contribution in [3.63, 3.8) is 0 Å². The van der Waals surface area contributed by atoms with E-state index in [-0.39, 0.29) is 17.2 Å². The van der Waals surface area contributed by atoms with Crippen molar-refractivity contribution in [3.8, 4) is 0 Å². The van der Waals surface area contributed by atoms with E-state index >= 15 is 0 Å². The Bertz CT molecular complexity index is 1090. The van der Waals surface area contributed by atoms with Crippen molar-refractivity contribution in [2.24, 2.45) is 0 Å². The molecule has 6 nitrogen and oxygen atoms in total. The van der Waals surface area contributed by atoms with Crippen molar-refractivity contribution in [1.29, 1.82) is 0 Å². The molecule has 3 aromatic rings. The molecule has 0 aliphatic rings. The number of amides is 1. The summed E-state index contributed by atoms with van der Waals surface area (Å²) in [6.45, 7) is 0.711. The summed E-state index contributed by atoms with van der Waals surface area (Å²) in [4.78, 5) is 30.9. The second-order valence-electron chi connectivity index (χ2n) is 6.07. The molecule has 9 heteroatoms. The van der Waals surface area contributed by atoms with Gasteiger partial charge in [-0.3, -0.25) is 14.2 Å². The summed E-state index contributed by atoms with van der Waals surface area (Å²) < 4.78 is 6.65. The molecule has 3 rings (SSSR count). The molecule has 0 unspecified atom stereocenters. The first-order valence-electron chi connectivity index (χ1n) is 8.77. The average Bonchev–Trinajstić information content (AvgIpc) is 2.71. The van der Waals surface area contributed by atoms with Crippen LogP contribution < -0.4 is 10.9 Å². The smallest absolute Gasteiger partial charge is 0.262 e. The van der Waals surface area contributed by atoms with Gasteiger partial charge in [0.1, 0.15) is 0 Å². The van der Waals surface area contributed by atoms with Crippen LogP contribution in [0.5, 0.6) is 0 Å². The molecule has 0 atom stereocenters. The van der Waals surface area contributed by atoms with Crippen LogP contribution in [-0.4, -0.2) is 41.2 Å².